The summed E-state index contributed by atoms with van der Waals surface area (Å²) < 4.78 is 0. The molecule has 0 radical (unpaired) electrons. The Morgan fingerprint density at radius 2 is 2.50 bits per heavy atom. The summed E-state index contributed by atoms with van der Waals surface area (Å²) in [7, 11) is 0. The van der Waals surface area contributed by atoms with Crippen molar-refractivity contribution in [1.29, 1.82) is 0 Å². The average molecular weight is 107 g/mol. The van der Waals surface area contributed by atoms with Gasteiger partial charge in [-0.3, -0.25) is 0 Å². The van der Waals surface area contributed by atoms with Gasteiger partial charge in [0.2, 0.25) is 0 Å². The van der Waals surface area contributed by atoms with Gasteiger partial charge >= 0.3 is 0 Å². The number of alkyl halides is 1. The topological polar surface area (TPSA) is 18.5 Å². The number of rotatable bonds is 0. The van der Waals surface area contributed by atoms with E-state index in [2.05, 4.69) is 9.78 Å². The molecule has 3 heteroatoms. The van der Waals surface area contributed by atoms with E-state index in [0.29, 0.717) is 0 Å². The Morgan fingerprint density at radius 3 is 2.67 bits per heavy atom. The van der Waals surface area contributed by atoms with Gasteiger partial charge in [0, 0.05) is 6.08 Å². The van der Waals surface area contributed by atoms with E-state index in [1.807, 2.05) is 0 Å². The van der Waals surface area contributed by atoms with E-state index in [1.54, 1.807) is 6.08 Å². The van der Waals surface area contributed by atoms with Crippen LogP contribution in [0.1, 0.15) is 0 Å². The fourth-order valence-corrected chi connectivity index (χ4v) is 0.312. The first-order valence-electron chi connectivity index (χ1n) is 1.52. The van der Waals surface area contributed by atoms with Crippen molar-refractivity contribution in [3.05, 3.63) is 12.3 Å². The maximum atomic E-state index is 5.28. The van der Waals surface area contributed by atoms with Gasteiger partial charge in [-0.05, 0) is 0 Å². The molecule has 0 aromatic rings. The Bertz CT molecular complexity index is 71.2. The van der Waals surface area contributed by atoms with Crippen molar-refractivity contribution in [2.24, 2.45) is 0 Å². The molecule has 0 spiro atoms. The van der Waals surface area contributed by atoms with Crippen molar-refractivity contribution in [2.75, 3.05) is 0 Å². The van der Waals surface area contributed by atoms with Crippen LogP contribution in [0.3, 0.4) is 0 Å². The van der Waals surface area contributed by atoms with E-state index in [1.165, 1.54) is 6.26 Å². The summed E-state index contributed by atoms with van der Waals surface area (Å²) in [4.78, 5) is 8.55. The Labute approximate surface area is 40.2 Å². The van der Waals surface area contributed by atoms with E-state index >= 15 is 0 Å². The largest absolute Gasteiger partial charge is 0.344 e. The second kappa shape index (κ2) is 1.49. The second-order valence-electron chi connectivity index (χ2n) is 0.872. The standard InChI is InChI=1S/C3H3ClO2/c4-3-1-2-5-6-3/h1-3H. The van der Waals surface area contributed by atoms with Crippen LogP contribution in [0.4, 0.5) is 0 Å². The predicted molar refractivity (Wildman–Crippen MR) is 21.0 cm³/mol. The third kappa shape index (κ3) is 0.640. The minimum absolute atomic E-state index is 0.384. The molecule has 1 atom stereocenters. The lowest BCUT2D eigenvalue weighted by Gasteiger charge is -1.89. The third-order valence-electron chi connectivity index (χ3n) is 0.433. The van der Waals surface area contributed by atoms with E-state index < -0.39 is 0 Å². The fraction of sp³-hybridized carbons (Fsp3) is 0.333. The molecule has 0 bridgehead atoms. The van der Waals surface area contributed by atoms with E-state index in [9.17, 15) is 0 Å². The molecule has 0 saturated carbocycles. The summed E-state index contributed by atoms with van der Waals surface area (Å²) >= 11 is 5.28. The Morgan fingerprint density at radius 1 is 1.67 bits per heavy atom. The minimum Gasteiger partial charge on any atom is -0.344 e. The zero-order valence-electron chi connectivity index (χ0n) is 2.93. The first-order chi connectivity index (χ1) is 2.89. The Balaban J connectivity index is 2.38. The highest BCUT2D eigenvalue weighted by Gasteiger charge is 2.03. The predicted octanol–water partition coefficient (Wildman–Crippen LogP) is 1.03. The van der Waals surface area contributed by atoms with Gasteiger partial charge in [0.05, 0.1) is 0 Å². The summed E-state index contributed by atoms with van der Waals surface area (Å²) in [6, 6.07) is 0. The van der Waals surface area contributed by atoms with E-state index in [0.717, 1.165) is 0 Å². The van der Waals surface area contributed by atoms with Gasteiger partial charge in [-0.25, -0.2) is 0 Å². The van der Waals surface area contributed by atoms with Crippen LogP contribution in [0.25, 0.3) is 0 Å². The van der Waals surface area contributed by atoms with Crippen LogP contribution >= 0.6 is 11.6 Å². The molecule has 0 amide bonds. The zero-order valence-corrected chi connectivity index (χ0v) is 3.68. The van der Waals surface area contributed by atoms with Gasteiger partial charge in [-0.2, -0.15) is 4.89 Å². The van der Waals surface area contributed by atoms with Crippen molar-refractivity contribution in [2.45, 2.75) is 5.56 Å². The van der Waals surface area contributed by atoms with Crippen LogP contribution in [0.2, 0.25) is 0 Å². The van der Waals surface area contributed by atoms with Crippen LogP contribution in [-0.4, -0.2) is 5.56 Å². The summed E-state index contributed by atoms with van der Waals surface area (Å²) in [6.45, 7) is 0. The lowest BCUT2D eigenvalue weighted by molar-refractivity contribution is -0.233. The highest BCUT2D eigenvalue weighted by Crippen LogP contribution is 2.06. The molecule has 1 aliphatic heterocycles. The van der Waals surface area contributed by atoms with Gasteiger partial charge in [-0.15, -0.1) is 0 Å². The highest BCUT2D eigenvalue weighted by atomic mass is 35.5. The summed E-state index contributed by atoms with van der Waals surface area (Å²) in [6.07, 6.45) is 3.00. The molecule has 34 valence electrons. The zero-order chi connectivity index (χ0) is 4.41. The molecular formula is C3H3ClO2. The molecule has 0 N–H and O–H groups in total. The van der Waals surface area contributed by atoms with E-state index in [4.69, 9.17) is 11.6 Å². The van der Waals surface area contributed by atoms with Crippen molar-refractivity contribution in [1.82, 2.24) is 0 Å². The second-order valence-corrected chi connectivity index (χ2v) is 1.30. The van der Waals surface area contributed by atoms with Crippen molar-refractivity contribution in [3.8, 4) is 0 Å². The highest BCUT2D eigenvalue weighted by molar-refractivity contribution is 6.20. The van der Waals surface area contributed by atoms with Crippen LogP contribution in [0.15, 0.2) is 12.3 Å². The molecule has 0 aromatic carbocycles. The number of hydrogen-bond donors (Lipinski definition) is 0. The lowest BCUT2D eigenvalue weighted by Crippen LogP contribution is -1.88. The molecule has 0 fully saturated rings. The molecule has 2 nitrogen and oxygen atoms in total. The molecule has 1 aliphatic rings. The molecule has 1 heterocycles. The number of halogens is 1. The maximum Gasteiger partial charge on any atom is 0.199 e. The van der Waals surface area contributed by atoms with Crippen LogP contribution in [0.5, 0.6) is 0 Å². The van der Waals surface area contributed by atoms with Gasteiger partial charge in [0.1, 0.15) is 6.26 Å². The van der Waals surface area contributed by atoms with Gasteiger partial charge in [0.25, 0.3) is 0 Å². The molecule has 0 saturated heterocycles. The lowest BCUT2D eigenvalue weighted by atomic mass is 10.7. The van der Waals surface area contributed by atoms with Gasteiger partial charge < -0.3 is 4.89 Å². The molecule has 0 aromatic heterocycles. The Hall–Kier alpha value is -0.210. The maximum absolute atomic E-state index is 5.28. The summed E-state index contributed by atoms with van der Waals surface area (Å²) in [5, 5.41) is 0. The summed E-state index contributed by atoms with van der Waals surface area (Å²) in [5.41, 5.74) is -0.384. The minimum atomic E-state index is -0.384. The smallest absolute Gasteiger partial charge is 0.199 e. The molecule has 1 unspecified atom stereocenters. The van der Waals surface area contributed by atoms with Crippen LogP contribution in [-0.2, 0) is 9.78 Å². The van der Waals surface area contributed by atoms with Gasteiger partial charge in [-0.1, -0.05) is 11.6 Å². The summed E-state index contributed by atoms with van der Waals surface area (Å²) in [5.74, 6) is 0. The van der Waals surface area contributed by atoms with Crippen molar-refractivity contribution >= 4 is 11.6 Å². The fourth-order valence-electron chi connectivity index (χ4n) is 0.211. The van der Waals surface area contributed by atoms with Crippen LogP contribution in [0, 0.1) is 0 Å². The number of hydrogen-bond acceptors (Lipinski definition) is 2. The van der Waals surface area contributed by atoms with Crippen molar-refractivity contribution in [3.63, 3.8) is 0 Å². The molecular weight excluding hydrogens is 103 g/mol. The van der Waals surface area contributed by atoms with Gasteiger partial charge in [0.15, 0.2) is 5.56 Å². The first kappa shape index (κ1) is 3.96. The molecule has 6 heavy (non-hydrogen) atoms. The quantitative estimate of drug-likeness (QED) is 0.339. The van der Waals surface area contributed by atoms with E-state index in [-0.39, 0.29) is 5.56 Å². The van der Waals surface area contributed by atoms with Crippen LogP contribution < -0.4 is 0 Å². The Kier molecular flexibility index (Phi) is 0.986. The molecule has 1 rings (SSSR count). The van der Waals surface area contributed by atoms with Crippen molar-refractivity contribution < 1.29 is 9.78 Å². The molecule has 0 aliphatic carbocycles. The first-order valence-corrected chi connectivity index (χ1v) is 1.96. The normalized spacial score (nSPS) is 30.5. The SMILES string of the molecule is ClC1C=COO1. The monoisotopic (exact) mass is 106 g/mol. The average Bonchev–Trinajstić information content (AvgIpc) is 1.86. The third-order valence-corrected chi connectivity index (χ3v) is 0.651.